The van der Waals surface area contributed by atoms with Crippen molar-refractivity contribution in [2.45, 2.75) is 37.0 Å². The second-order valence-electron chi connectivity index (χ2n) is 26.2. The van der Waals surface area contributed by atoms with E-state index in [0.717, 1.165) is 123 Å². The fourth-order valence-corrected chi connectivity index (χ4v) is 15.5. The van der Waals surface area contributed by atoms with Gasteiger partial charge in [0.05, 0.1) is 10.8 Å². The average molecular weight is 1320 g/mol. The highest BCUT2D eigenvalue weighted by atomic mass is 19.1. The normalized spacial score (nSPS) is 15.0. The van der Waals surface area contributed by atoms with Gasteiger partial charge < -0.3 is 14.4 Å². The van der Waals surface area contributed by atoms with E-state index >= 15 is 17.6 Å². The van der Waals surface area contributed by atoms with E-state index in [4.69, 9.17) is 9.47 Å². The van der Waals surface area contributed by atoms with Crippen LogP contribution in [-0.4, -0.2) is 0 Å². The summed E-state index contributed by atoms with van der Waals surface area (Å²) in [5.74, 6) is 1.33. The molecule has 488 valence electrons. The maximum atomic E-state index is 15.4. The SMILES string of the molecule is C=Cc1ccc(Oc2ccc(C3(c4ccc(F)cc4)c4ccccc4-c4ccc(C(Cc5ccc(-c6ccc(N(c7ccc(F)c(C)c7)c7ccc8c(c7)C(c7ccc(F)cc7)(c7ccc(Oc9ccc(C=C)cc9)cc7)c7ccccc7-8)cc6)cc5)c5ccc(F)c(C)c5)cc43)cc2)cc1. The second-order valence-corrected chi connectivity index (χ2v) is 26.2. The van der Waals surface area contributed by atoms with E-state index in [1.807, 2.05) is 128 Å². The van der Waals surface area contributed by atoms with Crippen LogP contribution in [0.5, 0.6) is 23.0 Å². The van der Waals surface area contributed by atoms with Crippen LogP contribution in [0.25, 0.3) is 45.5 Å². The maximum Gasteiger partial charge on any atom is 0.127 e. The van der Waals surface area contributed by atoms with E-state index in [2.05, 4.69) is 176 Å². The monoisotopic (exact) mass is 1320 g/mol. The zero-order valence-electron chi connectivity index (χ0n) is 55.7. The van der Waals surface area contributed by atoms with Gasteiger partial charge in [0.2, 0.25) is 0 Å². The Bertz CT molecular complexity index is 5460. The Balaban J connectivity index is 0.747. The minimum absolute atomic E-state index is 0.204. The zero-order chi connectivity index (χ0) is 68.9. The summed E-state index contributed by atoms with van der Waals surface area (Å²) in [6.07, 6.45) is 4.20. The highest BCUT2D eigenvalue weighted by Gasteiger charge is 2.48. The van der Waals surface area contributed by atoms with Crippen molar-refractivity contribution in [3.63, 3.8) is 0 Å². The summed E-state index contributed by atoms with van der Waals surface area (Å²) in [5, 5.41) is 0. The number of nitrogens with zero attached hydrogens (tertiary/aromatic N) is 1. The molecule has 2 aliphatic carbocycles. The number of rotatable bonds is 18. The lowest BCUT2D eigenvalue weighted by atomic mass is 9.67. The molecule has 3 unspecified atom stereocenters. The lowest BCUT2D eigenvalue weighted by Gasteiger charge is -2.35. The summed E-state index contributed by atoms with van der Waals surface area (Å²) in [4.78, 5) is 2.17. The topological polar surface area (TPSA) is 21.7 Å². The quantitative estimate of drug-likeness (QED) is 0.0799. The molecule has 0 radical (unpaired) electrons. The molecule has 0 aromatic heterocycles. The first-order valence-corrected chi connectivity index (χ1v) is 33.9. The Morgan fingerprint density at radius 1 is 0.347 bits per heavy atom. The van der Waals surface area contributed by atoms with Gasteiger partial charge in [0.1, 0.15) is 46.3 Å². The van der Waals surface area contributed by atoms with Crippen molar-refractivity contribution in [3.8, 4) is 56.4 Å². The molecule has 0 spiro atoms. The number of benzene rings is 14. The molecule has 0 saturated heterocycles. The van der Waals surface area contributed by atoms with Crippen LogP contribution in [0.15, 0.2) is 329 Å². The van der Waals surface area contributed by atoms with Gasteiger partial charge >= 0.3 is 0 Å². The van der Waals surface area contributed by atoms with Crippen LogP contribution in [0.1, 0.15) is 89.4 Å². The average Bonchev–Trinajstić information content (AvgIpc) is 1.55. The number of fused-ring (bicyclic) bond motifs is 6. The van der Waals surface area contributed by atoms with Crippen molar-refractivity contribution in [3.05, 3.63) is 435 Å². The summed E-state index contributed by atoms with van der Waals surface area (Å²) in [6.45, 7) is 11.4. The molecule has 101 heavy (non-hydrogen) atoms. The minimum atomic E-state index is -0.895. The highest BCUT2D eigenvalue weighted by molar-refractivity contribution is 5.91. The Hall–Kier alpha value is -12.3. The summed E-state index contributed by atoms with van der Waals surface area (Å²) in [7, 11) is 0. The number of aryl methyl sites for hydroxylation is 2. The van der Waals surface area contributed by atoms with Gasteiger partial charge in [0.15, 0.2) is 0 Å². The molecular formula is C94H67F4NO2. The Labute approximate surface area is 586 Å². The van der Waals surface area contributed by atoms with Crippen molar-refractivity contribution in [2.24, 2.45) is 0 Å². The summed E-state index contributed by atoms with van der Waals surface area (Å²) >= 11 is 0. The second kappa shape index (κ2) is 26.2. The fraction of sp³-hybridized carbons (Fsp3) is 0.0638. The maximum absolute atomic E-state index is 15.4. The van der Waals surface area contributed by atoms with E-state index in [1.165, 1.54) is 30.3 Å². The van der Waals surface area contributed by atoms with Crippen molar-refractivity contribution >= 4 is 29.2 Å². The van der Waals surface area contributed by atoms with Crippen LogP contribution in [0.4, 0.5) is 34.6 Å². The van der Waals surface area contributed by atoms with E-state index in [-0.39, 0.29) is 29.2 Å². The van der Waals surface area contributed by atoms with Gasteiger partial charge in [-0.25, -0.2) is 17.6 Å². The molecule has 0 heterocycles. The van der Waals surface area contributed by atoms with Gasteiger partial charge in [-0.15, -0.1) is 0 Å². The molecule has 14 aromatic rings. The van der Waals surface area contributed by atoms with Crippen molar-refractivity contribution in [2.75, 3.05) is 4.90 Å². The standard InChI is InChI=1S/C94H67F4NO2/c1-5-62-17-43-78(44-18-62)100-80-47-31-71(32-48-80)93(69-27-35-73(95)36-28-69)87-13-9-7-11-82(87)84-51-25-68(58-89(84)93)86(67-26-53-91(97)60(3)55-67)57-64-15-21-65(22-16-64)66-23-39-75(40-24-66)99(76-42-54-92(98)61(4)56-76)77-41-52-85-83-12-8-10-14-88(83)94(90(85)59-77,70-29-37-74(96)38-30-70)72-33-49-81(50-34-72)101-79-45-19-63(6-2)20-46-79/h5-56,58-59,86H,1-2,57H2,3-4H3. The van der Waals surface area contributed by atoms with E-state index in [0.29, 0.717) is 40.5 Å². The van der Waals surface area contributed by atoms with Crippen LogP contribution < -0.4 is 14.4 Å². The third kappa shape index (κ3) is 11.4. The van der Waals surface area contributed by atoms with Crippen LogP contribution in [0.2, 0.25) is 0 Å². The smallest absolute Gasteiger partial charge is 0.127 e. The predicted molar refractivity (Wildman–Crippen MR) is 402 cm³/mol. The highest BCUT2D eigenvalue weighted by Crippen LogP contribution is 2.59. The van der Waals surface area contributed by atoms with Gasteiger partial charge in [-0.05, 0) is 258 Å². The first-order chi connectivity index (χ1) is 49.3. The van der Waals surface area contributed by atoms with E-state index in [1.54, 1.807) is 25.1 Å². The molecule has 7 heteroatoms. The Morgan fingerprint density at radius 3 is 1.19 bits per heavy atom. The number of ether oxygens (including phenoxy) is 2. The summed E-state index contributed by atoms with van der Waals surface area (Å²) < 4.78 is 73.7. The molecule has 3 atom stereocenters. The largest absolute Gasteiger partial charge is 0.457 e. The molecular weight excluding hydrogens is 1250 g/mol. The first-order valence-electron chi connectivity index (χ1n) is 33.9. The number of halogens is 4. The fourth-order valence-electron chi connectivity index (χ4n) is 15.5. The van der Waals surface area contributed by atoms with Crippen LogP contribution in [0, 0.1) is 37.1 Å². The van der Waals surface area contributed by atoms with Crippen LogP contribution in [0.3, 0.4) is 0 Å². The third-order valence-corrected chi connectivity index (χ3v) is 20.4. The predicted octanol–water partition coefficient (Wildman–Crippen LogP) is 25.0. The van der Waals surface area contributed by atoms with Gasteiger partial charge in [-0.2, -0.15) is 0 Å². The lowest BCUT2D eigenvalue weighted by molar-refractivity contribution is 0.482. The molecule has 0 aliphatic heterocycles. The van der Waals surface area contributed by atoms with E-state index in [9.17, 15) is 0 Å². The van der Waals surface area contributed by atoms with E-state index < -0.39 is 10.8 Å². The first kappa shape index (κ1) is 63.4. The number of hydrogen-bond acceptors (Lipinski definition) is 3. The van der Waals surface area contributed by atoms with Gasteiger partial charge in [-0.3, -0.25) is 0 Å². The van der Waals surface area contributed by atoms with Crippen LogP contribution in [-0.2, 0) is 17.3 Å². The van der Waals surface area contributed by atoms with Gasteiger partial charge in [-0.1, -0.05) is 219 Å². The Morgan fingerprint density at radius 2 is 0.713 bits per heavy atom. The molecule has 0 amide bonds. The number of anilines is 3. The Kier molecular flexibility index (Phi) is 16.4. The zero-order valence-corrected chi connectivity index (χ0v) is 55.7. The molecule has 0 N–H and O–H groups in total. The van der Waals surface area contributed by atoms with Gasteiger partial charge in [0, 0.05) is 23.0 Å². The molecule has 0 bridgehead atoms. The molecule has 0 fully saturated rings. The molecule has 2 aliphatic rings. The van der Waals surface area contributed by atoms with Crippen molar-refractivity contribution in [1.82, 2.24) is 0 Å². The molecule has 3 nitrogen and oxygen atoms in total. The van der Waals surface area contributed by atoms with Crippen LogP contribution >= 0.6 is 0 Å². The molecule has 0 saturated carbocycles. The lowest BCUT2D eigenvalue weighted by Crippen LogP contribution is -2.29. The molecule has 16 rings (SSSR count). The number of hydrogen-bond donors (Lipinski definition) is 0. The minimum Gasteiger partial charge on any atom is -0.457 e. The molecule has 14 aromatic carbocycles. The third-order valence-electron chi connectivity index (χ3n) is 20.4. The van der Waals surface area contributed by atoms with Crippen molar-refractivity contribution < 1.29 is 27.0 Å². The van der Waals surface area contributed by atoms with Crippen molar-refractivity contribution in [1.29, 1.82) is 0 Å². The van der Waals surface area contributed by atoms with Gasteiger partial charge in [0.25, 0.3) is 0 Å². The summed E-state index contributed by atoms with van der Waals surface area (Å²) in [5.41, 5.74) is 21.2. The summed E-state index contributed by atoms with van der Waals surface area (Å²) in [6, 6.07) is 104.